The lowest BCUT2D eigenvalue weighted by Crippen LogP contribution is -2.34. The van der Waals surface area contributed by atoms with Gasteiger partial charge in [0, 0.05) is 14.2 Å². The molecule has 94 valence electrons. The van der Waals surface area contributed by atoms with Crippen LogP contribution in [0.25, 0.3) is 0 Å². The van der Waals surface area contributed by atoms with Gasteiger partial charge in [-0.05, 0) is 0 Å². The highest BCUT2D eigenvalue weighted by molar-refractivity contribution is 5.71. The highest BCUT2D eigenvalue weighted by Gasteiger charge is 2.26. The maximum atomic E-state index is 11.1. The van der Waals surface area contributed by atoms with Crippen molar-refractivity contribution in [2.45, 2.75) is 25.0 Å². The van der Waals surface area contributed by atoms with Crippen molar-refractivity contribution in [1.29, 1.82) is 0 Å². The van der Waals surface area contributed by atoms with E-state index in [4.69, 9.17) is 9.47 Å². The molecule has 0 radical (unpaired) electrons. The molecule has 0 rings (SSSR count). The van der Waals surface area contributed by atoms with Gasteiger partial charge in [0.25, 0.3) is 0 Å². The average Bonchev–Trinajstić information content (AvgIpc) is 2.32. The number of carbonyl (C=O) groups is 2. The van der Waals surface area contributed by atoms with Crippen LogP contribution in [-0.2, 0) is 28.5 Å². The molecule has 2 unspecified atom stereocenters. The van der Waals surface area contributed by atoms with Crippen LogP contribution in [0.4, 0.5) is 0 Å². The number of carbonyl (C=O) groups excluding carboxylic acids is 2. The molecule has 6 nitrogen and oxygen atoms in total. The van der Waals surface area contributed by atoms with E-state index in [2.05, 4.69) is 9.47 Å². The number of hydrogen-bond acceptors (Lipinski definition) is 6. The third-order valence-electron chi connectivity index (χ3n) is 2.21. The van der Waals surface area contributed by atoms with E-state index in [1.165, 1.54) is 28.4 Å². The van der Waals surface area contributed by atoms with E-state index in [1.54, 1.807) is 0 Å². The molecule has 6 heteroatoms. The summed E-state index contributed by atoms with van der Waals surface area (Å²) in [6, 6.07) is 0. The Morgan fingerprint density at radius 2 is 1.12 bits per heavy atom. The minimum Gasteiger partial charge on any atom is -0.469 e. The van der Waals surface area contributed by atoms with Crippen molar-refractivity contribution in [2.75, 3.05) is 28.4 Å². The Morgan fingerprint density at radius 1 is 0.812 bits per heavy atom. The number of rotatable bonds is 7. The minimum absolute atomic E-state index is 0.0303. The fourth-order valence-electron chi connectivity index (χ4n) is 1.23. The van der Waals surface area contributed by atoms with Gasteiger partial charge in [-0.1, -0.05) is 0 Å². The zero-order chi connectivity index (χ0) is 12.6. The molecule has 0 N–H and O–H groups in total. The summed E-state index contributed by atoms with van der Waals surface area (Å²) in [7, 11) is 5.46. The molecule has 0 heterocycles. The van der Waals surface area contributed by atoms with Gasteiger partial charge in [-0.2, -0.15) is 0 Å². The minimum atomic E-state index is -0.531. The van der Waals surface area contributed by atoms with Crippen LogP contribution in [0, 0.1) is 0 Å². The smallest absolute Gasteiger partial charge is 0.308 e. The van der Waals surface area contributed by atoms with Crippen LogP contribution in [-0.4, -0.2) is 52.6 Å². The SMILES string of the molecule is COC(=O)CC(OC)C(CC(=O)OC)OC. The highest BCUT2D eigenvalue weighted by Crippen LogP contribution is 2.12. The Hall–Kier alpha value is -1.14. The first-order valence-electron chi connectivity index (χ1n) is 4.78. The molecule has 0 aromatic carbocycles. The fourth-order valence-corrected chi connectivity index (χ4v) is 1.23. The Kier molecular flexibility index (Phi) is 7.49. The summed E-state index contributed by atoms with van der Waals surface area (Å²) in [4.78, 5) is 22.2. The Balaban J connectivity index is 4.37. The highest BCUT2D eigenvalue weighted by atomic mass is 16.5. The summed E-state index contributed by atoms with van der Waals surface area (Å²) in [6.45, 7) is 0. The largest absolute Gasteiger partial charge is 0.469 e. The average molecular weight is 234 g/mol. The van der Waals surface area contributed by atoms with E-state index in [0.717, 1.165) is 0 Å². The topological polar surface area (TPSA) is 71.1 Å². The van der Waals surface area contributed by atoms with Crippen molar-refractivity contribution in [2.24, 2.45) is 0 Å². The molecular weight excluding hydrogens is 216 g/mol. The molecule has 0 aromatic heterocycles. The van der Waals surface area contributed by atoms with Gasteiger partial charge in [-0.3, -0.25) is 9.59 Å². The first-order valence-corrected chi connectivity index (χ1v) is 4.78. The molecular formula is C10H18O6. The number of ether oxygens (including phenoxy) is 4. The predicted octanol–water partition coefficient (Wildman–Crippen LogP) is 0.143. The normalized spacial score (nSPS) is 14.0. The second-order valence-corrected chi connectivity index (χ2v) is 3.11. The molecule has 16 heavy (non-hydrogen) atoms. The van der Waals surface area contributed by atoms with Crippen LogP contribution in [0.3, 0.4) is 0 Å². The van der Waals surface area contributed by atoms with Crippen molar-refractivity contribution < 1.29 is 28.5 Å². The molecule has 0 bridgehead atoms. The molecule has 0 spiro atoms. The molecule has 0 amide bonds. The van der Waals surface area contributed by atoms with Gasteiger partial charge in [-0.15, -0.1) is 0 Å². The summed E-state index contributed by atoms with van der Waals surface area (Å²) < 4.78 is 19.2. The summed E-state index contributed by atoms with van der Waals surface area (Å²) in [5, 5.41) is 0. The number of esters is 2. The van der Waals surface area contributed by atoms with Gasteiger partial charge >= 0.3 is 11.9 Å². The maximum Gasteiger partial charge on any atom is 0.308 e. The first kappa shape index (κ1) is 14.9. The van der Waals surface area contributed by atoms with Crippen LogP contribution < -0.4 is 0 Å². The summed E-state index contributed by atoms with van der Waals surface area (Å²) in [6.07, 6.45) is -1.00. The quantitative estimate of drug-likeness (QED) is 0.584. The van der Waals surface area contributed by atoms with Gasteiger partial charge in [-0.25, -0.2) is 0 Å². The van der Waals surface area contributed by atoms with Crippen molar-refractivity contribution >= 4 is 11.9 Å². The lowest BCUT2D eigenvalue weighted by atomic mass is 10.1. The lowest BCUT2D eigenvalue weighted by Gasteiger charge is -2.22. The first-order chi connectivity index (χ1) is 7.58. The Morgan fingerprint density at radius 3 is 1.31 bits per heavy atom. The van der Waals surface area contributed by atoms with Gasteiger partial charge in [0.1, 0.15) is 0 Å². The number of methoxy groups -OCH3 is 4. The third-order valence-corrected chi connectivity index (χ3v) is 2.21. The Labute approximate surface area is 94.8 Å². The van der Waals surface area contributed by atoms with Gasteiger partial charge < -0.3 is 18.9 Å². The van der Waals surface area contributed by atoms with Crippen molar-refractivity contribution in [3.05, 3.63) is 0 Å². The fraction of sp³-hybridized carbons (Fsp3) is 0.800. The zero-order valence-corrected chi connectivity index (χ0v) is 10.0. The van der Waals surface area contributed by atoms with Crippen molar-refractivity contribution in [3.8, 4) is 0 Å². The second kappa shape index (κ2) is 8.06. The monoisotopic (exact) mass is 234 g/mol. The van der Waals surface area contributed by atoms with Gasteiger partial charge in [0.2, 0.25) is 0 Å². The van der Waals surface area contributed by atoms with Gasteiger partial charge in [0.05, 0.1) is 39.3 Å². The molecule has 0 fully saturated rings. The van der Waals surface area contributed by atoms with E-state index in [0.29, 0.717) is 0 Å². The van der Waals surface area contributed by atoms with E-state index in [9.17, 15) is 9.59 Å². The van der Waals surface area contributed by atoms with E-state index in [1.807, 2.05) is 0 Å². The van der Waals surface area contributed by atoms with E-state index in [-0.39, 0.29) is 12.8 Å². The predicted molar refractivity (Wildman–Crippen MR) is 54.9 cm³/mol. The van der Waals surface area contributed by atoms with Crippen LogP contribution in [0.5, 0.6) is 0 Å². The Bertz CT molecular complexity index is 203. The van der Waals surface area contributed by atoms with Crippen LogP contribution >= 0.6 is 0 Å². The number of hydrogen-bond donors (Lipinski definition) is 0. The standard InChI is InChI=1S/C10H18O6/c1-13-7(5-9(11)15-3)8(14-2)6-10(12)16-4/h7-8H,5-6H2,1-4H3. The van der Waals surface area contributed by atoms with Crippen LogP contribution in [0.2, 0.25) is 0 Å². The molecule has 0 aromatic rings. The lowest BCUT2D eigenvalue weighted by molar-refractivity contribution is -0.152. The molecule has 0 saturated carbocycles. The second-order valence-electron chi connectivity index (χ2n) is 3.11. The molecule has 0 saturated heterocycles. The van der Waals surface area contributed by atoms with Crippen LogP contribution in [0.15, 0.2) is 0 Å². The molecule has 0 aliphatic heterocycles. The maximum absolute atomic E-state index is 11.1. The van der Waals surface area contributed by atoms with Gasteiger partial charge in [0.15, 0.2) is 0 Å². The molecule has 0 aliphatic carbocycles. The summed E-state index contributed by atoms with van der Waals surface area (Å²) >= 11 is 0. The molecule has 0 aliphatic rings. The third kappa shape index (κ3) is 5.09. The van der Waals surface area contributed by atoms with Crippen molar-refractivity contribution in [1.82, 2.24) is 0 Å². The van der Waals surface area contributed by atoms with E-state index >= 15 is 0 Å². The summed E-state index contributed by atoms with van der Waals surface area (Å²) in [5.74, 6) is -0.836. The van der Waals surface area contributed by atoms with E-state index < -0.39 is 24.1 Å². The van der Waals surface area contributed by atoms with Crippen molar-refractivity contribution in [3.63, 3.8) is 0 Å². The molecule has 2 atom stereocenters. The summed E-state index contributed by atoms with van der Waals surface area (Å²) in [5.41, 5.74) is 0. The van der Waals surface area contributed by atoms with Crippen LogP contribution in [0.1, 0.15) is 12.8 Å². The zero-order valence-electron chi connectivity index (χ0n) is 10.0.